The molecule has 0 radical (unpaired) electrons. The number of nitrogens with one attached hydrogen (secondary N) is 2. The van der Waals surface area contributed by atoms with Crippen LogP contribution < -0.4 is 10.6 Å². The lowest BCUT2D eigenvalue weighted by molar-refractivity contribution is -0.147. The standard InChI is InChI=1S/C13H21N3O4/c1-14-13(19)15-10(17)7-16-6-8-4-3-5-9(8)11(16)12(18)20-2/h8-9,11H,3-7H2,1-2H3,(H2,14,15,17,19)/t8-,9-,11-/m0/s1. The molecule has 20 heavy (non-hydrogen) atoms. The van der Waals surface area contributed by atoms with E-state index in [0.29, 0.717) is 12.5 Å². The van der Waals surface area contributed by atoms with E-state index in [9.17, 15) is 14.4 Å². The highest BCUT2D eigenvalue weighted by molar-refractivity contribution is 5.95. The summed E-state index contributed by atoms with van der Waals surface area (Å²) in [4.78, 5) is 36.7. The highest BCUT2D eigenvalue weighted by Gasteiger charge is 2.48. The molecular formula is C13H21N3O4. The molecule has 0 unspecified atom stereocenters. The minimum Gasteiger partial charge on any atom is -0.468 e. The van der Waals surface area contributed by atoms with Crippen LogP contribution in [0.4, 0.5) is 4.79 Å². The fourth-order valence-electron chi connectivity index (χ4n) is 3.41. The summed E-state index contributed by atoms with van der Waals surface area (Å²) >= 11 is 0. The van der Waals surface area contributed by atoms with Gasteiger partial charge in [-0.3, -0.25) is 19.8 Å². The van der Waals surface area contributed by atoms with Gasteiger partial charge in [-0.2, -0.15) is 0 Å². The first kappa shape index (κ1) is 14.8. The van der Waals surface area contributed by atoms with E-state index in [1.807, 2.05) is 4.90 Å². The number of carbonyl (C=O) groups excluding carboxylic acids is 3. The Morgan fingerprint density at radius 1 is 1.30 bits per heavy atom. The molecule has 112 valence electrons. The Hall–Kier alpha value is -1.63. The van der Waals surface area contributed by atoms with Crippen molar-refractivity contribution in [2.75, 3.05) is 27.2 Å². The van der Waals surface area contributed by atoms with E-state index < -0.39 is 11.9 Å². The molecule has 2 rings (SSSR count). The number of hydrogen-bond acceptors (Lipinski definition) is 5. The Labute approximate surface area is 118 Å². The van der Waals surface area contributed by atoms with Crippen molar-refractivity contribution in [2.45, 2.75) is 25.3 Å². The van der Waals surface area contributed by atoms with E-state index in [1.54, 1.807) is 0 Å². The van der Waals surface area contributed by atoms with E-state index in [2.05, 4.69) is 10.6 Å². The van der Waals surface area contributed by atoms with Crippen LogP contribution in [0.15, 0.2) is 0 Å². The molecule has 0 spiro atoms. The van der Waals surface area contributed by atoms with Gasteiger partial charge in [0, 0.05) is 13.6 Å². The smallest absolute Gasteiger partial charge is 0.323 e. The lowest BCUT2D eigenvalue weighted by Gasteiger charge is -2.24. The number of imide groups is 1. The molecule has 0 aromatic rings. The molecular weight excluding hydrogens is 262 g/mol. The predicted molar refractivity (Wildman–Crippen MR) is 70.8 cm³/mol. The largest absolute Gasteiger partial charge is 0.468 e. The normalized spacial score (nSPS) is 28.8. The number of ether oxygens (including phenoxy) is 1. The Morgan fingerprint density at radius 2 is 2.05 bits per heavy atom. The van der Waals surface area contributed by atoms with Gasteiger partial charge in [0.2, 0.25) is 5.91 Å². The first-order valence-corrected chi connectivity index (χ1v) is 6.90. The second kappa shape index (κ2) is 6.21. The second-order valence-corrected chi connectivity index (χ2v) is 5.38. The second-order valence-electron chi connectivity index (χ2n) is 5.38. The van der Waals surface area contributed by atoms with Crippen LogP contribution in [0.5, 0.6) is 0 Å². The molecule has 7 nitrogen and oxygen atoms in total. The van der Waals surface area contributed by atoms with Crippen molar-refractivity contribution in [1.82, 2.24) is 15.5 Å². The number of methoxy groups -OCH3 is 1. The van der Waals surface area contributed by atoms with E-state index in [-0.39, 0.29) is 24.5 Å². The Balaban J connectivity index is 2.00. The van der Waals surface area contributed by atoms with Crippen LogP contribution in [0.3, 0.4) is 0 Å². The minimum atomic E-state index is -0.538. The van der Waals surface area contributed by atoms with Gasteiger partial charge in [0.1, 0.15) is 6.04 Å². The van der Waals surface area contributed by atoms with Crippen LogP contribution in [-0.4, -0.2) is 56.1 Å². The Morgan fingerprint density at radius 3 is 2.70 bits per heavy atom. The highest BCUT2D eigenvalue weighted by atomic mass is 16.5. The third kappa shape index (κ3) is 2.92. The van der Waals surface area contributed by atoms with Gasteiger partial charge in [0.15, 0.2) is 0 Å². The number of fused-ring (bicyclic) bond motifs is 1. The van der Waals surface area contributed by atoms with E-state index >= 15 is 0 Å². The molecule has 3 amide bonds. The zero-order chi connectivity index (χ0) is 14.7. The number of hydrogen-bond donors (Lipinski definition) is 2. The van der Waals surface area contributed by atoms with Crippen molar-refractivity contribution < 1.29 is 19.1 Å². The van der Waals surface area contributed by atoms with Gasteiger partial charge in [-0.1, -0.05) is 6.42 Å². The van der Waals surface area contributed by atoms with Crippen LogP contribution in [0.1, 0.15) is 19.3 Å². The maximum absolute atomic E-state index is 12.0. The third-order valence-electron chi connectivity index (χ3n) is 4.26. The lowest BCUT2D eigenvalue weighted by Crippen LogP contribution is -2.48. The fourth-order valence-corrected chi connectivity index (χ4v) is 3.41. The summed E-state index contributed by atoms with van der Waals surface area (Å²) in [5.74, 6) is 0.0347. The number of amides is 3. The van der Waals surface area contributed by atoms with E-state index in [4.69, 9.17) is 4.74 Å². The summed E-state index contributed by atoms with van der Waals surface area (Å²) in [6.07, 6.45) is 3.21. The summed E-state index contributed by atoms with van der Waals surface area (Å²) in [7, 11) is 2.81. The third-order valence-corrected chi connectivity index (χ3v) is 4.26. The zero-order valence-corrected chi connectivity index (χ0v) is 11.8. The molecule has 2 fully saturated rings. The molecule has 2 aliphatic rings. The van der Waals surface area contributed by atoms with E-state index in [0.717, 1.165) is 19.3 Å². The molecule has 1 aliphatic carbocycles. The average molecular weight is 283 g/mol. The predicted octanol–water partition coefficient (Wildman–Crippen LogP) is -0.284. The van der Waals surface area contributed by atoms with Gasteiger partial charge in [0.05, 0.1) is 13.7 Å². The summed E-state index contributed by atoms with van der Waals surface area (Å²) in [6.45, 7) is 0.756. The number of likely N-dealkylation sites (tertiary alicyclic amines) is 1. The minimum absolute atomic E-state index is 0.0419. The molecule has 1 saturated carbocycles. The number of carbonyl (C=O) groups is 3. The van der Waals surface area contributed by atoms with Gasteiger partial charge in [-0.05, 0) is 24.7 Å². The average Bonchev–Trinajstić information content (AvgIpc) is 2.97. The first-order valence-electron chi connectivity index (χ1n) is 6.90. The molecule has 1 heterocycles. The molecule has 1 saturated heterocycles. The monoisotopic (exact) mass is 283 g/mol. The quantitative estimate of drug-likeness (QED) is 0.695. The van der Waals surface area contributed by atoms with Crippen LogP contribution in [0.25, 0.3) is 0 Å². The zero-order valence-electron chi connectivity index (χ0n) is 11.8. The number of nitrogens with zero attached hydrogens (tertiary/aromatic N) is 1. The summed E-state index contributed by atoms with van der Waals surface area (Å²) < 4.78 is 4.86. The van der Waals surface area contributed by atoms with Gasteiger partial charge < -0.3 is 10.1 Å². The number of esters is 1. The van der Waals surface area contributed by atoms with Crippen molar-refractivity contribution in [1.29, 1.82) is 0 Å². The van der Waals surface area contributed by atoms with Crippen LogP contribution in [-0.2, 0) is 14.3 Å². The maximum atomic E-state index is 12.0. The molecule has 0 aromatic carbocycles. The lowest BCUT2D eigenvalue weighted by atomic mass is 9.94. The topological polar surface area (TPSA) is 87.7 Å². The highest BCUT2D eigenvalue weighted by Crippen LogP contribution is 2.42. The maximum Gasteiger partial charge on any atom is 0.323 e. The van der Waals surface area contributed by atoms with Crippen LogP contribution >= 0.6 is 0 Å². The van der Waals surface area contributed by atoms with Crippen LogP contribution in [0, 0.1) is 11.8 Å². The van der Waals surface area contributed by atoms with Crippen molar-refractivity contribution in [3.63, 3.8) is 0 Å². The number of urea groups is 1. The fraction of sp³-hybridized carbons (Fsp3) is 0.769. The van der Waals surface area contributed by atoms with Crippen molar-refractivity contribution in [3.8, 4) is 0 Å². The van der Waals surface area contributed by atoms with Crippen LogP contribution in [0.2, 0.25) is 0 Å². The first-order chi connectivity index (χ1) is 9.56. The summed E-state index contributed by atoms with van der Waals surface area (Å²) in [5.41, 5.74) is 0. The molecule has 1 aliphatic heterocycles. The van der Waals surface area contributed by atoms with Crippen molar-refractivity contribution in [2.24, 2.45) is 11.8 Å². The van der Waals surface area contributed by atoms with E-state index in [1.165, 1.54) is 14.2 Å². The molecule has 3 atom stereocenters. The Bertz CT molecular complexity index is 412. The van der Waals surface area contributed by atoms with Crippen molar-refractivity contribution in [3.05, 3.63) is 0 Å². The number of rotatable bonds is 3. The van der Waals surface area contributed by atoms with Gasteiger partial charge in [0.25, 0.3) is 0 Å². The molecule has 2 N–H and O–H groups in total. The molecule has 0 aromatic heterocycles. The van der Waals surface area contributed by atoms with Gasteiger partial charge in [-0.25, -0.2) is 4.79 Å². The molecule has 0 bridgehead atoms. The summed E-state index contributed by atoms with van der Waals surface area (Å²) in [5, 5.41) is 4.54. The summed E-state index contributed by atoms with van der Waals surface area (Å²) in [6, 6.07) is -0.896. The van der Waals surface area contributed by atoms with Crippen molar-refractivity contribution >= 4 is 17.9 Å². The Kier molecular flexibility index (Phi) is 4.59. The molecule has 7 heteroatoms. The van der Waals surface area contributed by atoms with Gasteiger partial charge in [-0.15, -0.1) is 0 Å². The SMILES string of the molecule is CNC(=O)NC(=O)CN1C[C@@H]2CCC[C@@H]2[C@H]1C(=O)OC. The van der Waals surface area contributed by atoms with Gasteiger partial charge >= 0.3 is 12.0 Å².